The van der Waals surface area contributed by atoms with Gasteiger partial charge in [-0.05, 0) is 374 Å². The van der Waals surface area contributed by atoms with Gasteiger partial charge in [0.25, 0.3) is 0 Å². The van der Waals surface area contributed by atoms with Gasteiger partial charge in [-0.2, -0.15) is 0 Å². The van der Waals surface area contributed by atoms with Gasteiger partial charge in [-0.3, -0.25) is 19.2 Å². The van der Waals surface area contributed by atoms with Crippen molar-refractivity contribution in [2.75, 3.05) is 0 Å². The molecule has 11 aromatic rings. The van der Waals surface area contributed by atoms with E-state index < -0.39 is 8.07 Å². The first-order chi connectivity index (χ1) is 57.8. The Hall–Kier alpha value is -8.92. The molecule has 0 fully saturated rings. The van der Waals surface area contributed by atoms with Crippen molar-refractivity contribution >= 4 is 159 Å². The normalized spacial score (nSPS) is 11.3. The van der Waals surface area contributed by atoms with Crippen LogP contribution in [-0.4, -0.2) is 31.2 Å². The molecule has 11 aromatic carbocycles. The van der Waals surface area contributed by atoms with Gasteiger partial charge in [0.15, 0.2) is 23.1 Å². The summed E-state index contributed by atoms with van der Waals surface area (Å²) in [6.07, 6.45) is 0. The zero-order chi connectivity index (χ0) is 91.1. The molecule has 622 valence electrons. The molecule has 0 saturated heterocycles. The Bertz CT molecular complexity index is 5960. The first-order valence-corrected chi connectivity index (χ1v) is 50.4. The molecule has 0 heterocycles. The first kappa shape index (κ1) is 95.7. The van der Waals surface area contributed by atoms with Crippen LogP contribution in [0.1, 0.15) is 286 Å². The second kappa shape index (κ2) is 38.3. The number of ketones is 4. The van der Waals surface area contributed by atoms with Crippen molar-refractivity contribution in [3.63, 3.8) is 0 Å². The molecule has 13 heteroatoms. The Labute approximate surface area is 802 Å². The number of benzene rings is 11. The molecule has 0 aromatic heterocycles. The lowest BCUT2D eigenvalue weighted by Crippen LogP contribution is -2.16. The summed E-state index contributed by atoms with van der Waals surface area (Å²) in [6, 6.07) is 49.3. The summed E-state index contributed by atoms with van der Waals surface area (Å²) in [5.41, 5.74) is 28.4. The fourth-order valence-electron chi connectivity index (χ4n) is 14.6. The van der Waals surface area contributed by atoms with E-state index in [1.165, 1.54) is 22.3 Å². The molecule has 0 aliphatic carbocycles. The van der Waals surface area contributed by atoms with Gasteiger partial charge in [0.05, 0.1) is 22.3 Å². The van der Waals surface area contributed by atoms with E-state index in [9.17, 15) is 19.2 Å². The number of rotatable bonds is 8. The molecular weight excluding hydrogens is 2060 g/mol. The molecule has 0 radical (unpaired) electrons. The summed E-state index contributed by atoms with van der Waals surface area (Å²) in [4.78, 5) is 58.1. The quantitative estimate of drug-likeness (QED) is 0.0864. The maximum Gasteiger partial charge on any atom is 0.195 e. The van der Waals surface area contributed by atoms with Gasteiger partial charge in [-0.1, -0.05) is 228 Å². The summed E-state index contributed by atoms with van der Waals surface area (Å²) in [7, 11) is -1.90. The Morgan fingerprint density at radius 3 is 0.444 bits per heavy atom. The lowest BCUT2D eigenvalue weighted by atomic mass is 9.82. The number of carbonyl (C=O) groups is 4. The van der Waals surface area contributed by atoms with E-state index >= 15 is 0 Å². The number of hydrogen-bond acceptors (Lipinski definition) is 4. The van der Waals surface area contributed by atoms with Crippen LogP contribution in [0.15, 0.2) is 187 Å². The van der Waals surface area contributed by atoms with Crippen LogP contribution in [0.2, 0.25) is 19.6 Å². The van der Waals surface area contributed by atoms with E-state index in [4.69, 9.17) is 0 Å². The predicted octanol–water partition coefficient (Wildman–Crippen LogP) is 30.0. The number of halogens is 8. The van der Waals surface area contributed by atoms with E-state index in [0.29, 0.717) is 147 Å². The third-order valence-electron chi connectivity index (χ3n) is 21.1. The van der Waals surface area contributed by atoms with Crippen molar-refractivity contribution in [3.8, 4) is 82.5 Å². The third-order valence-corrected chi connectivity index (χ3v) is 26.9. The van der Waals surface area contributed by atoms with Crippen molar-refractivity contribution in [2.45, 2.75) is 180 Å². The zero-order valence-electron chi connectivity index (χ0n) is 74.1. The van der Waals surface area contributed by atoms with Crippen LogP contribution in [0.25, 0.3) is 0 Å². The average molecular weight is 2160 g/mol. The minimum Gasteiger partial charge on any atom is -0.289 e. The smallest absolute Gasteiger partial charge is 0.195 e. The van der Waals surface area contributed by atoms with Crippen LogP contribution in [0, 0.1) is 138 Å². The van der Waals surface area contributed by atoms with Crippen LogP contribution in [-0.2, 0) is 21.7 Å². The molecule has 0 atom stereocenters. The minimum absolute atomic E-state index is 0.0857. The fourth-order valence-corrected chi connectivity index (χ4v) is 21.3. The van der Waals surface area contributed by atoms with Gasteiger partial charge in [0, 0.05) is 130 Å². The van der Waals surface area contributed by atoms with Crippen molar-refractivity contribution < 1.29 is 19.2 Å². The molecule has 0 N–H and O–H groups in total. The van der Waals surface area contributed by atoms with E-state index in [-0.39, 0.29) is 44.8 Å². The molecule has 0 aliphatic rings. The van der Waals surface area contributed by atoms with E-state index in [2.05, 4.69) is 361 Å². The summed E-state index contributed by atoms with van der Waals surface area (Å²) in [5, 5.41) is 0. The molecule has 4 nitrogen and oxygen atoms in total. The maximum atomic E-state index is 14.5. The molecule has 0 amide bonds. The van der Waals surface area contributed by atoms with Crippen molar-refractivity contribution in [1.82, 2.24) is 0 Å². The molecule has 124 heavy (non-hydrogen) atoms. The van der Waals surface area contributed by atoms with Crippen molar-refractivity contribution in [1.29, 1.82) is 0 Å². The summed E-state index contributed by atoms with van der Waals surface area (Å²) >= 11 is 30.2. The standard InChI is InChI=1S/C111H94Br8O4Si/c1-63-38-84(108(9,10)11)39-64(2)96(63)104(120)100-88(112)55-79(56-89(100)113)32-28-73-46-71(47-74(50-73)29-33-80-57-90(114)101(91(115)58-80)105(121)97-65(3)40-85(41-66(97)4)109(12,13)14)24-26-77-52-78(54-83(53-77)36-37-124(21,22)23)27-25-72-48-75(30-34-81-59-92(116)102(93(117)60-81)106(122)98-67(5)42-86(43-68(98)6)110(15,16)17)51-76(49-72)31-35-82-61-94(118)103(95(119)62-82)107(123)99-69(7)44-87(45-70(99)8)111(18,19)20/h38-62H,1-23H3. The SMILES string of the molecule is Cc1cc(C(C)(C)C)cc(C)c1C(=O)c1c(Br)cc(C#Cc2cc(C#Cc3cc(C#Cc4cc(C#Cc5cc(Br)c(C(=O)c6c(C)cc(C(C)(C)C)cc6C)c(Br)c5)cc(C#Cc5cc(Br)c(C(=O)c6c(C)cc(C(C)(C)C)cc6C)c(Br)c5)c4)cc(C#C[Si](C)(C)C)c3)cc(C#Cc3cc(Br)c(C(=O)c4c(C)cc(C(C)(C)C)cc4C)c(Br)c3)c2)cc1Br. The highest BCUT2D eigenvalue weighted by atomic mass is 79.9. The van der Waals surface area contributed by atoms with Crippen molar-refractivity contribution in [2.24, 2.45) is 0 Å². The van der Waals surface area contributed by atoms with Gasteiger partial charge < -0.3 is 0 Å². The van der Waals surface area contributed by atoms with Gasteiger partial charge in [-0.25, -0.2) is 0 Å². The average Bonchev–Trinajstić information content (AvgIpc) is 0.789. The predicted molar refractivity (Wildman–Crippen MR) is 545 cm³/mol. The molecule has 0 bridgehead atoms. The summed E-state index contributed by atoms with van der Waals surface area (Å²) in [6.45, 7) is 48.6. The van der Waals surface area contributed by atoms with Crippen LogP contribution >= 0.6 is 127 Å². The second-order valence-electron chi connectivity index (χ2n) is 36.9. The first-order valence-electron chi connectivity index (χ1n) is 40.5. The van der Waals surface area contributed by atoms with E-state index in [1.54, 1.807) is 0 Å². The largest absolute Gasteiger partial charge is 0.289 e. The Morgan fingerprint density at radius 2 is 0.323 bits per heavy atom. The highest BCUT2D eigenvalue weighted by Crippen LogP contribution is 2.40. The lowest BCUT2D eigenvalue weighted by Gasteiger charge is -2.22. The minimum atomic E-state index is -1.90. The van der Waals surface area contributed by atoms with Crippen molar-refractivity contribution in [3.05, 3.63) is 371 Å². The van der Waals surface area contributed by atoms with E-state index in [0.717, 1.165) is 50.1 Å². The monoisotopic (exact) mass is 2150 g/mol. The number of hydrogen-bond donors (Lipinski definition) is 0. The van der Waals surface area contributed by atoms with Gasteiger partial charge >= 0.3 is 0 Å². The van der Waals surface area contributed by atoms with E-state index in [1.807, 2.05) is 159 Å². The molecule has 0 aliphatic heterocycles. The Morgan fingerprint density at radius 1 is 0.202 bits per heavy atom. The number of aryl methyl sites for hydroxylation is 8. The lowest BCUT2D eigenvalue weighted by molar-refractivity contribution is 0.102. The van der Waals surface area contributed by atoms with Crippen LogP contribution in [0.3, 0.4) is 0 Å². The zero-order valence-corrected chi connectivity index (χ0v) is 87.8. The number of carbonyl (C=O) groups excluding carboxylic acids is 4. The molecule has 11 rings (SSSR count). The van der Waals surface area contributed by atoms with Crippen LogP contribution in [0.5, 0.6) is 0 Å². The second-order valence-corrected chi connectivity index (χ2v) is 48.5. The molecular formula is C111H94Br8O4Si. The topological polar surface area (TPSA) is 68.3 Å². The fraction of sp³-hybridized carbons (Fsp3) is 0.243. The third kappa shape index (κ3) is 23.3. The van der Waals surface area contributed by atoms with Crippen LogP contribution in [0.4, 0.5) is 0 Å². The molecule has 0 saturated carbocycles. The molecule has 0 unspecified atom stereocenters. The van der Waals surface area contributed by atoms with Gasteiger partial charge in [-0.15, -0.1) is 5.54 Å². The highest BCUT2D eigenvalue weighted by molar-refractivity contribution is 9.12. The summed E-state index contributed by atoms with van der Waals surface area (Å²) < 4.78 is 4.81. The Balaban J connectivity index is 1.00. The summed E-state index contributed by atoms with van der Waals surface area (Å²) in [5.74, 6) is 44.1. The Kier molecular flexibility index (Phi) is 29.6. The van der Waals surface area contributed by atoms with Gasteiger partial charge in [0.2, 0.25) is 0 Å². The maximum absolute atomic E-state index is 14.5. The highest BCUT2D eigenvalue weighted by Gasteiger charge is 2.30. The van der Waals surface area contributed by atoms with Gasteiger partial charge in [0.1, 0.15) is 8.07 Å². The van der Waals surface area contributed by atoms with Crippen LogP contribution < -0.4 is 0 Å². The molecule has 0 spiro atoms.